The zero-order valence-corrected chi connectivity index (χ0v) is 7.72. The summed E-state index contributed by atoms with van der Waals surface area (Å²) in [5.74, 6) is -0.0417. The summed E-state index contributed by atoms with van der Waals surface area (Å²) in [5, 5.41) is 0.102. The normalized spacial score (nSPS) is 12.6. The van der Waals surface area contributed by atoms with Crippen molar-refractivity contribution in [3.05, 3.63) is 30.1 Å². The molecule has 4 heteroatoms. The van der Waals surface area contributed by atoms with Crippen LogP contribution < -0.4 is 4.74 Å². The molecule has 0 aliphatic carbocycles. The molecular formula is C8H7BrF2O. The first-order valence-electron chi connectivity index (χ1n) is 3.34. The van der Waals surface area contributed by atoms with Gasteiger partial charge < -0.3 is 4.74 Å². The highest BCUT2D eigenvalue weighted by molar-refractivity contribution is 9.09. The zero-order chi connectivity index (χ0) is 8.97. The summed E-state index contributed by atoms with van der Waals surface area (Å²) in [6.45, 7) is 0. The number of hydrogen-bond donors (Lipinski definition) is 0. The Bertz CT molecular complexity index is 237. The van der Waals surface area contributed by atoms with Crippen molar-refractivity contribution < 1.29 is 13.5 Å². The minimum Gasteiger partial charge on any atom is -0.460 e. The van der Waals surface area contributed by atoms with Gasteiger partial charge >= 0.3 is 0 Å². The molecular weight excluding hydrogens is 230 g/mol. The van der Waals surface area contributed by atoms with Crippen LogP contribution in [-0.4, -0.2) is 11.7 Å². The Labute approximate surface area is 77.5 Å². The van der Waals surface area contributed by atoms with Gasteiger partial charge in [-0.3, -0.25) is 0 Å². The summed E-state index contributed by atoms with van der Waals surface area (Å²) in [6.07, 6.45) is -1.39. The van der Waals surface area contributed by atoms with Crippen LogP contribution in [0.1, 0.15) is 0 Å². The van der Waals surface area contributed by atoms with Gasteiger partial charge in [-0.1, -0.05) is 15.9 Å². The molecule has 0 aromatic heterocycles. The van der Waals surface area contributed by atoms with E-state index in [1.165, 1.54) is 24.3 Å². The van der Waals surface area contributed by atoms with Crippen LogP contribution in [0, 0.1) is 5.82 Å². The Morgan fingerprint density at radius 1 is 1.33 bits per heavy atom. The Hall–Kier alpha value is -0.640. The molecule has 0 heterocycles. The van der Waals surface area contributed by atoms with Crippen LogP contribution in [0.15, 0.2) is 24.3 Å². The van der Waals surface area contributed by atoms with Gasteiger partial charge in [0.1, 0.15) is 11.6 Å². The second kappa shape index (κ2) is 4.40. The Morgan fingerprint density at radius 3 is 2.42 bits per heavy atom. The molecule has 1 nitrogen and oxygen atoms in total. The maximum Gasteiger partial charge on any atom is 0.248 e. The fraction of sp³-hybridized carbons (Fsp3) is 0.250. The maximum atomic E-state index is 12.6. The number of rotatable bonds is 3. The second-order valence-corrected chi connectivity index (χ2v) is 2.78. The van der Waals surface area contributed by atoms with E-state index in [4.69, 9.17) is 4.74 Å². The fourth-order valence-corrected chi connectivity index (χ4v) is 0.824. The highest BCUT2D eigenvalue weighted by Crippen LogP contribution is 2.14. The topological polar surface area (TPSA) is 9.23 Å². The molecule has 1 aromatic rings. The molecule has 0 bridgehead atoms. The quantitative estimate of drug-likeness (QED) is 0.734. The molecule has 0 radical (unpaired) electrons. The van der Waals surface area contributed by atoms with Gasteiger partial charge in [0.25, 0.3) is 0 Å². The first-order chi connectivity index (χ1) is 5.72. The van der Waals surface area contributed by atoms with Crippen LogP contribution in [0.2, 0.25) is 0 Å². The van der Waals surface area contributed by atoms with Crippen molar-refractivity contribution in [2.75, 3.05) is 5.33 Å². The van der Waals surface area contributed by atoms with Gasteiger partial charge in [-0.05, 0) is 24.3 Å². The highest BCUT2D eigenvalue weighted by Gasteiger charge is 2.04. The molecule has 0 saturated heterocycles. The van der Waals surface area contributed by atoms with E-state index in [9.17, 15) is 8.78 Å². The first-order valence-corrected chi connectivity index (χ1v) is 4.47. The average Bonchev–Trinajstić information content (AvgIpc) is 2.09. The Morgan fingerprint density at radius 2 is 1.92 bits per heavy atom. The van der Waals surface area contributed by atoms with E-state index < -0.39 is 6.36 Å². The predicted molar refractivity (Wildman–Crippen MR) is 45.7 cm³/mol. The number of benzene rings is 1. The molecule has 0 aliphatic rings. The molecule has 0 aliphatic heterocycles. The van der Waals surface area contributed by atoms with Crippen molar-refractivity contribution in [1.82, 2.24) is 0 Å². The molecule has 66 valence electrons. The van der Waals surface area contributed by atoms with Crippen LogP contribution in [0.3, 0.4) is 0 Å². The smallest absolute Gasteiger partial charge is 0.248 e. The number of ether oxygens (including phenoxy) is 1. The first kappa shape index (κ1) is 9.45. The molecule has 1 atom stereocenters. The van der Waals surface area contributed by atoms with Crippen molar-refractivity contribution >= 4 is 15.9 Å². The van der Waals surface area contributed by atoms with Crippen LogP contribution in [-0.2, 0) is 0 Å². The molecule has 0 amide bonds. The van der Waals surface area contributed by atoms with E-state index >= 15 is 0 Å². The summed E-state index contributed by atoms with van der Waals surface area (Å²) in [4.78, 5) is 0. The fourth-order valence-electron chi connectivity index (χ4n) is 0.692. The van der Waals surface area contributed by atoms with Crippen molar-refractivity contribution in [2.45, 2.75) is 6.36 Å². The van der Waals surface area contributed by atoms with E-state index in [0.29, 0.717) is 5.75 Å². The standard InChI is InChI=1S/C8H7BrF2O/c9-5-8(11)12-7-3-1-6(10)2-4-7/h1-4,8H,5H2. The zero-order valence-electron chi connectivity index (χ0n) is 6.14. The van der Waals surface area contributed by atoms with Crippen molar-refractivity contribution in [3.8, 4) is 5.75 Å². The van der Waals surface area contributed by atoms with Gasteiger partial charge in [0.2, 0.25) is 6.36 Å². The van der Waals surface area contributed by atoms with Gasteiger partial charge in [-0.25, -0.2) is 8.78 Å². The Balaban J connectivity index is 2.58. The SMILES string of the molecule is Fc1ccc(OC(F)CBr)cc1. The van der Waals surface area contributed by atoms with E-state index in [1.807, 2.05) is 0 Å². The molecule has 0 saturated carbocycles. The van der Waals surface area contributed by atoms with Crippen LogP contribution in [0.5, 0.6) is 5.75 Å². The summed E-state index contributed by atoms with van der Waals surface area (Å²) >= 11 is 2.91. The third-order valence-corrected chi connectivity index (χ3v) is 1.71. The van der Waals surface area contributed by atoms with Gasteiger partial charge in [0, 0.05) is 0 Å². The number of halogens is 3. The number of hydrogen-bond acceptors (Lipinski definition) is 1. The molecule has 1 aromatic carbocycles. The number of alkyl halides is 2. The van der Waals surface area contributed by atoms with Crippen molar-refractivity contribution in [2.24, 2.45) is 0 Å². The molecule has 0 spiro atoms. The monoisotopic (exact) mass is 236 g/mol. The maximum absolute atomic E-state index is 12.6. The molecule has 0 N–H and O–H groups in total. The molecule has 1 rings (SSSR count). The molecule has 1 unspecified atom stereocenters. The highest BCUT2D eigenvalue weighted by atomic mass is 79.9. The van der Waals surface area contributed by atoms with E-state index in [1.54, 1.807) is 0 Å². The lowest BCUT2D eigenvalue weighted by molar-refractivity contribution is 0.0916. The van der Waals surface area contributed by atoms with Crippen LogP contribution in [0.25, 0.3) is 0 Å². The summed E-state index contributed by atoms with van der Waals surface area (Å²) < 4.78 is 29.6. The second-order valence-electron chi connectivity index (χ2n) is 2.14. The third-order valence-electron chi connectivity index (χ3n) is 1.20. The largest absolute Gasteiger partial charge is 0.460 e. The van der Waals surface area contributed by atoms with Crippen molar-refractivity contribution in [3.63, 3.8) is 0 Å². The molecule has 0 fully saturated rings. The summed E-state index contributed by atoms with van der Waals surface area (Å²) in [6, 6.07) is 5.20. The molecule has 12 heavy (non-hydrogen) atoms. The predicted octanol–water partition coefficient (Wildman–Crippen LogP) is 2.90. The van der Waals surface area contributed by atoms with E-state index in [0.717, 1.165) is 0 Å². The Kier molecular flexibility index (Phi) is 3.47. The van der Waals surface area contributed by atoms with Crippen molar-refractivity contribution in [1.29, 1.82) is 0 Å². The lowest BCUT2D eigenvalue weighted by atomic mass is 10.3. The van der Waals surface area contributed by atoms with Crippen LogP contribution >= 0.6 is 15.9 Å². The lowest BCUT2D eigenvalue weighted by Crippen LogP contribution is -2.10. The minimum atomic E-state index is -1.39. The third kappa shape index (κ3) is 2.77. The van der Waals surface area contributed by atoms with E-state index in [-0.39, 0.29) is 11.1 Å². The van der Waals surface area contributed by atoms with Gasteiger partial charge in [-0.2, -0.15) is 0 Å². The van der Waals surface area contributed by atoms with Crippen LogP contribution in [0.4, 0.5) is 8.78 Å². The van der Waals surface area contributed by atoms with Gasteiger partial charge in [0.05, 0.1) is 5.33 Å². The average molecular weight is 237 g/mol. The minimum absolute atomic E-state index is 0.102. The lowest BCUT2D eigenvalue weighted by Gasteiger charge is -2.07. The summed E-state index contributed by atoms with van der Waals surface area (Å²) in [7, 11) is 0. The van der Waals surface area contributed by atoms with Gasteiger partial charge in [-0.15, -0.1) is 0 Å². The summed E-state index contributed by atoms with van der Waals surface area (Å²) in [5.41, 5.74) is 0. The van der Waals surface area contributed by atoms with Gasteiger partial charge in [0.15, 0.2) is 0 Å². The van der Waals surface area contributed by atoms with E-state index in [2.05, 4.69) is 15.9 Å².